The Morgan fingerprint density at radius 1 is 0.500 bits per heavy atom. The molecule has 9 nitrogen and oxygen atoms in total. The number of unbranched alkanes of at least 4 members (excludes halogenated alkanes) is 28. The predicted octanol–water partition coefficient (Wildman–Crippen LogP) is 14.9. The largest absolute Gasteiger partial charge is 0.472 e. The van der Waals surface area contributed by atoms with Gasteiger partial charge >= 0.3 is 19.8 Å². The van der Waals surface area contributed by atoms with Crippen LogP contribution in [0.25, 0.3) is 0 Å². The smallest absolute Gasteiger partial charge is 0.462 e. The molecule has 0 bridgehead atoms. The highest BCUT2D eigenvalue weighted by atomic mass is 31.2. The van der Waals surface area contributed by atoms with Crippen molar-refractivity contribution in [2.75, 3.05) is 26.4 Å². The second kappa shape index (κ2) is 46.7. The zero-order valence-corrected chi connectivity index (χ0v) is 39.8. The molecule has 0 radical (unpaired) electrons. The minimum Gasteiger partial charge on any atom is -0.462 e. The number of nitrogens with two attached hydrogens (primary N) is 1. The summed E-state index contributed by atoms with van der Waals surface area (Å²) in [6.45, 7) is 3.73. The fraction of sp³-hybridized carbons (Fsp3) is 0.840. The van der Waals surface area contributed by atoms with Gasteiger partial charge in [-0.15, -0.1) is 0 Å². The Hall–Kier alpha value is -1.77. The van der Waals surface area contributed by atoms with Crippen LogP contribution >= 0.6 is 7.82 Å². The summed E-state index contributed by atoms with van der Waals surface area (Å²) in [6.07, 6.45) is 53.3. The molecule has 0 saturated heterocycles. The number of esters is 2. The summed E-state index contributed by atoms with van der Waals surface area (Å²) in [5, 5.41) is 0. The molecule has 0 aromatic carbocycles. The van der Waals surface area contributed by atoms with E-state index in [2.05, 4.69) is 50.3 Å². The van der Waals surface area contributed by atoms with Gasteiger partial charge in [-0.05, 0) is 70.6 Å². The van der Waals surface area contributed by atoms with Crippen molar-refractivity contribution < 1.29 is 37.6 Å². The van der Waals surface area contributed by atoms with Crippen LogP contribution < -0.4 is 5.73 Å². The maximum atomic E-state index is 12.6. The lowest BCUT2D eigenvalue weighted by atomic mass is 10.0. The van der Waals surface area contributed by atoms with Crippen LogP contribution in [0.2, 0.25) is 0 Å². The first-order valence-electron chi connectivity index (χ1n) is 25.0. The summed E-state index contributed by atoms with van der Waals surface area (Å²) in [5.74, 6) is -0.832. The molecule has 352 valence electrons. The lowest BCUT2D eigenvalue weighted by Crippen LogP contribution is -2.29. The molecule has 0 aliphatic rings. The Bertz CT molecular complexity index is 1080. The van der Waals surface area contributed by atoms with E-state index in [1.165, 1.54) is 141 Å². The highest BCUT2D eigenvalue weighted by molar-refractivity contribution is 7.47. The van der Waals surface area contributed by atoms with E-state index >= 15 is 0 Å². The van der Waals surface area contributed by atoms with Crippen LogP contribution in [-0.2, 0) is 32.7 Å². The molecule has 0 rings (SSSR count). The summed E-state index contributed by atoms with van der Waals surface area (Å²) >= 11 is 0. The molecular weight excluding hydrogens is 774 g/mol. The first-order valence-corrected chi connectivity index (χ1v) is 26.5. The van der Waals surface area contributed by atoms with Crippen LogP contribution in [0.3, 0.4) is 0 Å². The molecule has 0 aromatic rings. The van der Waals surface area contributed by atoms with E-state index in [4.69, 9.17) is 24.3 Å². The van der Waals surface area contributed by atoms with Crippen molar-refractivity contribution in [1.29, 1.82) is 0 Å². The van der Waals surface area contributed by atoms with Crippen LogP contribution in [0.4, 0.5) is 0 Å². The summed E-state index contributed by atoms with van der Waals surface area (Å²) in [7, 11) is -4.38. The SMILES string of the molecule is CCCCCCC/C=C\C/C=C\CCCCCCCCCCCCCCCC(=O)OC(COC(=O)CCCCCCC/C=C\CCCCCCC)COP(=O)(O)OCCN. The molecule has 0 saturated carbocycles. The minimum absolute atomic E-state index is 0.0526. The van der Waals surface area contributed by atoms with Crippen molar-refractivity contribution >= 4 is 19.8 Å². The molecule has 60 heavy (non-hydrogen) atoms. The molecule has 0 spiro atoms. The Labute approximate surface area is 369 Å². The Morgan fingerprint density at radius 3 is 1.28 bits per heavy atom. The number of carbonyl (C=O) groups excluding carboxylic acids is 2. The van der Waals surface area contributed by atoms with Crippen LogP contribution in [0, 0.1) is 0 Å². The van der Waals surface area contributed by atoms with E-state index in [1.54, 1.807) is 0 Å². The first-order chi connectivity index (χ1) is 29.3. The molecule has 0 heterocycles. The number of rotatable bonds is 47. The number of hydrogen-bond donors (Lipinski definition) is 2. The highest BCUT2D eigenvalue weighted by Gasteiger charge is 2.26. The third kappa shape index (κ3) is 45.7. The van der Waals surface area contributed by atoms with Crippen LogP contribution in [-0.4, -0.2) is 49.3 Å². The standard InChI is InChI=1S/C50H94NO8P/c1-3-5-7-9-11-13-15-17-19-20-21-22-23-24-25-26-27-28-29-31-33-35-37-39-41-43-50(53)59-48(47-58-60(54,55)57-45-44-51)46-56-49(52)42-40-38-36-34-32-30-18-16-14-12-10-8-6-4-2/h15-18,20-21,48H,3-14,19,22-47,51H2,1-2H3,(H,54,55)/b17-15-,18-16-,21-20-. The Morgan fingerprint density at radius 2 is 0.867 bits per heavy atom. The number of carbonyl (C=O) groups is 2. The highest BCUT2D eigenvalue weighted by Crippen LogP contribution is 2.43. The number of phosphoric ester groups is 1. The van der Waals surface area contributed by atoms with Gasteiger partial charge in [0.2, 0.25) is 0 Å². The quantitative estimate of drug-likeness (QED) is 0.0265. The van der Waals surface area contributed by atoms with Gasteiger partial charge in [-0.1, -0.05) is 192 Å². The van der Waals surface area contributed by atoms with E-state index in [1.807, 2.05) is 0 Å². The summed E-state index contributed by atoms with van der Waals surface area (Å²) in [6, 6.07) is 0. The Kier molecular flexibility index (Phi) is 45.3. The second-order valence-electron chi connectivity index (χ2n) is 16.7. The van der Waals surface area contributed by atoms with Gasteiger partial charge in [0.15, 0.2) is 6.10 Å². The monoisotopic (exact) mass is 868 g/mol. The molecular formula is C50H94NO8P. The molecule has 0 aliphatic carbocycles. The third-order valence-electron chi connectivity index (χ3n) is 10.7. The van der Waals surface area contributed by atoms with Crippen molar-refractivity contribution in [2.24, 2.45) is 5.73 Å². The van der Waals surface area contributed by atoms with E-state index in [0.717, 1.165) is 64.2 Å². The van der Waals surface area contributed by atoms with Gasteiger partial charge in [-0.25, -0.2) is 4.57 Å². The second-order valence-corrected chi connectivity index (χ2v) is 18.1. The van der Waals surface area contributed by atoms with Gasteiger partial charge in [-0.2, -0.15) is 0 Å². The van der Waals surface area contributed by atoms with Crippen molar-refractivity contribution in [2.45, 2.75) is 245 Å². The van der Waals surface area contributed by atoms with Crippen LogP contribution in [0.5, 0.6) is 0 Å². The number of ether oxygens (including phenoxy) is 2. The van der Waals surface area contributed by atoms with Gasteiger partial charge in [0.1, 0.15) is 6.61 Å². The Balaban J connectivity index is 4.01. The van der Waals surface area contributed by atoms with Gasteiger partial charge in [0.05, 0.1) is 13.2 Å². The fourth-order valence-electron chi connectivity index (χ4n) is 7.01. The number of allylic oxidation sites excluding steroid dienone is 6. The van der Waals surface area contributed by atoms with Gasteiger partial charge in [0.25, 0.3) is 0 Å². The topological polar surface area (TPSA) is 134 Å². The van der Waals surface area contributed by atoms with Crippen molar-refractivity contribution in [3.8, 4) is 0 Å². The average Bonchev–Trinajstić information content (AvgIpc) is 3.24. The van der Waals surface area contributed by atoms with Crippen LogP contribution in [0.15, 0.2) is 36.5 Å². The average molecular weight is 868 g/mol. The van der Waals surface area contributed by atoms with Crippen molar-refractivity contribution in [1.82, 2.24) is 0 Å². The summed E-state index contributed by atoms with van der Waals surface area (Å²) in [4.78, 5) is 35.0. The van der Waals surface area contributed by atoms with E-state index in [0.29, 0.717) is 6.42 Å². The molecule has 2 atom stereocenters. The summed E-state index contributed by atoms with van der Waals surface area (Å²) in [5.41, 5.74) is 5.36. The molecule has 10 heteroatoms. The van der Waals surface area contributed by atoms with E-state index < -0.39 is 26.5 Å². The number of phosphoric acid groups is 1. The van der Waals surface area contributed by atoms with E-state index in [9.17, 15) is 19.0 Å². The molecule has 0 amide bonds. The normalized spacial score (nSPS) is 13.5. The predicted molar refractivity (Wildman–Crippen MR) is 252 cm³/mol. The van der Waals surface area contributed by atoms with Gasteiger partial charge in [-0.3, -0.25) is 18.6 Å². The van der Waals surface area contributed by atoms with Crippen molar-refractivity contribution in [3.63, 3.8) is 0 Å². The van der Waals surface area contributed by atoms with E-state index in [-0.39, 0.29) is 38.6 Å². The number of hydrogen-bond acceptors (Lipinski definition) is 8. The first kappa shape index (κ1) is 58.2. The molecule has 0 aliphatic heterocycles. The minimum atomic E-state index is -4.38. The maximum absolute atomic E-state index is 12.6. The maximum Gasteiger partial charge on any atom is 0.472 e. The van der Waals surface area contributed by atoms with Crippen LogP contribution in [0.1, 0.15) is 239 Å². The lowest BCUT2D eigenvalue weighted by molar-refractivity contribution is -0.161. The zero-order valence-electron chi connectivity index (χ0n) is 38.9. The fourth-order valence-corrected chi connectivity index (χ4v) is 7.78. The molecule has 0 fully saturated rings. The van der Waals surface area contributed by atoms with Gasteiger partial charge in [0, 0.05) is 19.4 Å². The molecule has 3 N–H and O–H groups in total. The third-order valence-corrected chi connectivity index (χ3v) is 11.7. The van der Waals surface area contributed by atoms with Gasteiger partial charge < -0.3 is 20.1 Å². The summed E-state index contributed by atoms with van der Waals surface area (Å²) < 4.78 is 32.9. The molecule has 0 aromatic heterocycles. The zero-order chi connectivity index (χ0) is 43.9. The lowest BCUT2D eigenvalue weighted by Gasteiger charge is -2.19. The van der Waals surface area contributed by atoms with Crippen molar-refractivity contribution in [3.05, 3.63) is 36.5 Å². The molecule has 2 unspecified atom stereocenters.